The van der Waals surface area contributed by atoms with Crippen molar-refractivity contribution in [2.24, 2.45) is 10.9 Å². The lowest BCUT2D eigenvalue weighted by Gasteiger charge is -2.13. The predicted octanol–water partition coefficient (Wildman–Crippen LogP) is 2.67. The highest BCUT2D eigenvalue weighted by atomic mass is 32.1. The van der Waals surface area contributed by atoms with Gasteiger partial charge in [0.05, 0.1) is 6.54 Å². The summed E-state index contributed by atoms with van der Waals surface area (Å²) in [6.45, 7) is 4.26. The van der Waals surface area contributed by atoms with Gasteiger partial charge in [-0.25, -0.2) is 0 Å². The number of carbonyl (C=O) groups excluding carboxylic acids is 1. The molecule has 1 aliphatic carbocycles. The van der Waals surface area contributed by atoms with E-state index in [1.165, 1.54) is 35.4 Å². The quantitative estimate of drug-likeness (QED) is 0.384. The molecule has 1 fully saturated rings. The van der Waals surface area contributed by atoms with Crippen molar-refractivity contribution in [1.82, 2.24) is 16.0 Å². The molecule has 0 aliphatic heterocycles. The highest BCUT2D eigenvalue weighted by molar-refractivity contribution is 7.11. The van der Waals surface area contributed by atoms with Crippen LogP contribution >= 0.6 is 11.3 Å². The average Bonchev–Trinajstić information content (AvgIpc) is 3.25. The molecule has 0 bridgehead atoms. The molecule has 1 saturated carbocycles. The molecule has 1 aromatic rings. The van der Waals surface area contributed by atoms with Gasteiger partial charge in [-0.15, -0.1) is 11.3 Å². The van der Waals surface area contributed by atoms with E-state index in [9.17, 15) is 4.79 Å². The van der Waals surface area contributed by atoms with Crippen molar-refractivity contribution in [3.05, 3.63) is 21.9 Å². The van der Waals surface area contributed by atoms with Gasteiger partial charge in [0.2, 0.25) is 5.91 Å². The van der Waals surface area contributed by atoms with E-state index in [1.807, 2.05) is 11.3 Å². The smallest absolute Gasteiger partial charge is 0.220 e. The summed E-state index contributed by atoms with van der Waals surface area (Å²) in [5.74, 6) is 1.55. The molecule has 0 saturated heterocycles. The molecule has 5 nitrogen and oxygen atoms in total. The van der Waals surface area contributed by atoms with Crippen molar-refractivity contribution in [2.45, 2.75) is 52.0 Å². The number of thiophene rings is 1. The van der Waals surface area contributed by atoms with Gasteiger partial charge in [0.15, 0.2) is 5.96 Å². The molecule has 0 aromatic carbocycles. The van der Waals surface area contributed by atoms with Crippen LogP contribution in [0.1, 0.15) is 48.8 Å². The van der Waals surface area contributed by atoms with Crippen LogP contribution in [0.15, 0.2) is 17.1 Å². The first-order chi connectivity index (χ1) is 11.7. The van der Waals surface area contributed by atoms with E-state index in [2.05, 4.69) is 40.0 Å². The lowest BCUT2D eigenvalue weighted by molar-refractivity contribution is -0.121. The van der Waals surface area contributed by atoms with Crippen LogP contribution in [-0.2, 0) is 17.8 Å². The fourth-order valence-corrected chi connectivity index (χ4v) is 3.93. The van der Waals surface area contributed by atoms with Crippen molar-refractivity contribution < 1.29 is 4.79 Å². The van der Waals surface area contributed by atoms with Crippen LogP contribution in [0.4, 0.5) is 0 Å². The average molecular weight is 351 g/mol. The fraction of sp³-hybridized carbons (Fsp3) is 0.667. The number of nitrogens with zero attached hydrogens (tertiary/aromatic N) is 1. The summed E-state index contributed by atoms with van der Waals surface area (Å²) < 4.78 is 0. The van der Waals surface area contributed by atoms with Crippen LogP contribution in [0, 0.1) is 5.92 Å². The maximum atomic E-state index is 11.9. The molecular weight excluding hydrogens is 320 g/mol. The molecular formula is C18H30N4OS. The van der Waals surface area contributed by atoms with E-state index < -0.39 is 0 Å². The van der Waals surface area contributed by atoms with E-state index in [0.717, 1.165) is 18.9 Å². The third-order valence-corrected chi connectivity index (χ3v) is 5.64. The van der Waals surface area contributed by atoms with Crippen molar-refractivity contribution >= 4 is 23.2 Å². The van der Waals surface area contributed by atoms with Crippen LogP contribution in [0.2, 0.25) is 0 Å². The summed E-state index contributed by atoms with van der Waals surface area (Å²) in [4.78, 5) is 18.8. The first-order valence-electron chi connectivity index (χ1n) is 9.00. The van der Waals surface area contributed by atoms with Crippen molar-refractivity contribution in [3.8, 4) is 0 Å². The molecule has 0 unspecified atom stereocenters. The van der Waals surface area contributed by atoms with Gasteiger partial charge in [-0.2, -0.15) is 0 Å². The minimum Gasteiger partial charge on any atom is -0.355 e. The number of nitrogens with one attached hydrogen (secondary N) is 3. The maximum Gasteiger partial charge on any atom is 0.220 e. The zero-order valence-electron chi connectivity index (χ0n) is 14.9. The first-order valence-corrected chi connectivity index (χ1v) is 9.81. The van der Waals surface area contributed by atoms with Gasteiger partial charge in [0.25, 0.3) is 0 Å². The summed E-state index contributed by atoms with van der Waals surface area (Å²) in [6.07, 6.45) is 6.76. The van der Waals surface area contributed by atoms with E-state index >= 15 is 0 Å². The minimum absolute atomic E-state index is 0.178. The van der Waals surface area contributed by atoms with Crippen LogP contribution in [0.3, 0.4) is 0 Å². The molecule has 24 heavy (non-hydrogen) atoms. The van der Waals surface area contributed by atoms with Crippen LogP contribution in [0.25, 0.3) is 0 Å². The van der Waals surface area contributed by atoms with Crippen molar-refractivity contribution in [1.29, 1.82) is 0 Å². The molecule has 3 N–H and O–H groups in total. The normalized spacial score (nSPS) is 15.5. The standard InChI is InChI=1S/C18H30N4OS/c1-3-15-8-9-16(24-15)13-22-18(19-2)21-11-10-20-17(23)12-14-6-4-5-7-14/h8-9,14H,3-7,10-13H2,1-2H3,(H,20,23)(H2,19,21,22). The Hall–Kier alpha value is -1.56. The highest BCUT2D eigenvalue weighted by Crippen LogP contribution is 2.27. The fourth-order valence-electron chi connectivity index (χ4n) is 3.03. The van der Waals surface area contributed by atoms with Crippen molar-refractivity contribution in [3.63, 3.8) is 0 Å². The van der Waals surface area contributed by atoms with Gasteiger partial charge < -0.3 is 16.0 Å². The SMILES string of the molecule is CCc1ccc(CNC(=NC)NCCNC(=O)CC2CCCC2)s1. The molecule has 2 rings (SSSR count). The predicted molar refractivity (Wildman–Crippen MR) is 101 cm³/mol. The van der Waals surface area contributed by atoms with E-state index in [1.54, 1.807) is 7.05 Å². The van der Waals surface area contributed by atoms with Crippen LogP contribution in [-0.4, -0.2) is 32.0 Å². The Bertz CT molecular complexity index is 535. The topological polar surface area (TPSA) is 65.5 Å². The molecule has 0 radical (unpaired) electrons. The van der Waals surface area contributed by atoms with E-state index in [0.29, 0.717) is 25.4 Å². The van der Waals surface area contributed by atoms with Crippen LogP contribution < -0.4 is 16.0 Å². The Kier molecular flexibility index (Phi) is 8.08. The Morgan fingerprint density at radius 3 is 2.54 bits per heavy atom. The van der Waals surface area contributed by atoms with Gasteiger partial charge in [-0.3, -0.25) is 9.79 Å². The monoisotopic (exact) mass is 350 g/mol. The number of guanidine groups is 1. The summed E-state index contributed by atoms with van der Waals surface area (Å²) >= 11 is 1.83. The number of rotatable bonds is 8. The molecule has 1 aliphatic rings. The number of aliphatic imine (C=N–C) groups is 1. The third-order valence-electron chi connectivity index (χ3n) is 4.41. The molecule has 1 heterocycles. The lowest BCUT2D eigenvalue weighted by atomic mass is 10.0. The summed E-state index contributed by atoms with van der Waals surface area (Å²) in [5, 5.41) is 9.54. The Morgan fingerprint density at radius 2 is 1.88 bits per heavy atom. The second-order valence-electron chi connectivity index (χ2n) is 6.28. The van der Waals surface area contributed by atoms with Gasteiger partial charge >= 0.3 is 0 Å². The molecule has 0 spiro atoms. The van der Waals surface area contributed by atoms with E-state index in [-0.39, 0.29) is 5.91 Å². The first kappa shape index (κ1) is 18.8. The second-order valence-corrected chi connectivity index (χ2v) is 7.53. The van der Waals surface area contributed by atoms with E-state index in [4.69, 9.17) is 0 Å². The van der Waals surface area contributed by atoms with Gasteiger partial charge in [0, 0.05) is 36.3 Å². The molecule has 1 amide bonds. The molecule has 6 heteroatoms. The zero-order valence-corrected chi connectivity index (χ0v) is 15.7. The number of aryl methyl sites for hydroxylation is 1. The van der Waals surface area contributed by atoms with Gasteiger partial charge in [0.1, 0.15) is 0 Å². The summed E-state index contributed by atoms with van der Waals surface area (Å²) in [5.41, 5.74) is 0. The lowest BCUT2D eigenvalue weighted by Crippen LogP contribution is -2.41. The minimum atomic E-state index is 0.178. The van der Waals surface area contributed by atoms with Crippen molar-refractivity contribution in [2.75, 3.05) is 20.1 Å². The Morgan fingerprint density at radius 1 is 1.17 bits per heavy atom. The maximum absolute atomic E-state index is 11.9. The highest BCUT2D eigenvalue weighted by Gasteiger charge is 2.17. The largest absolute Gasteiger partial charge is 0.355 e. The number of hydrogen-bond acceptors (Lipinski definition) is 3. The summed E-state index contributed by atoms with van der Waals surface area (Å²) in [6, 6.07) is 4.34. The van der Waals surface area contributed by atoms with Crippen LogP contribution in [0.5, 0.6) is 0 Å². The second kappa shape index (κ2) is 10.3. The number of amides is 1. The number of carbonyl (C=O) groups is 1. The van der Waals surface area contributed by atoms with Gasteiger partial charge in [-0.05, 0) is 37.3 Å². The third kappa shape index (κ3) is 6.51. The van der Waals surface area contributed by atoms with Gasteiger partial charge in [-0.1, -0.05) is 19.8 Å². The Balaban J connectivity index is 1.58. The molecule has 0 atom stereocenters. The summed E-state index contributed by atoms with van der Waals surface area (Å²) in [7, 11) is 1.76. The number of hydrogen-bond donors (Lipinski definition) is 3. The Labute approximate surface area is 149 Å². The molecule has 134 valence electrons. The molecule has 1 aromatic heterocycles. The zero-order chi connectivity index (χ0) is 17.2.